The lowest BCUT2D eigenvalue weighted by atomic mass is 10.0. The first-order valence-corrected chi connectivity index (χ1v) is 6.65. The van der Waals surface area contributed by atoms with Crippen molar-refractivity contribution < 1.29 is 19.4 Å². The van der Waals surface area contributed by atoms with Crippen molar-refractivity contribution in [3.8, 4) is 0 Å². The Morgan fingerprint density at radius 1 is 1.30 bits per heavy atom. The molecule has 1 aromatic carbocycles. The predicted octanol–water partition coefficient (Wildman–Crippen LogP) is 1.28. The van der Waals surface area contributed by atoms with E-state index in [0.29, 0.717) is 5.56 Å². The van der Waals surface area contributed by atoms with E-state index >= 15 is 0 Å². The van der Waals surface area contributed by atoms with Crippen LogP contribution in [-0.2, 0) is 9.53 Å². The number of carbonyl (C=O) groups is 2. The van der Waals surface area contributed by atoms with Crippen molar-refractivity contribution >= 4 is 11.9 Å². The first-order chi connectivity index (χ1) is 9.45. The molecule has 110 valence electrons. The lowest BCUT2D eigenvalue weighted by Gasteiger charge is -2.18. The Morgan fingerprint density at radius 3 is 2.40 bits per heavy atom. The minimum atomic E-state index is -0.882. The van der Waals surface area contributed by atoms with Crippen molar-refractivity contribution in [3.63, 3.8) is 0 Å². The third-order valence-corrected chi connectivity index (χ3v) is 2.97. The molecule has 1 amide bonds. The number of hydrogen-bond donors (Lipinski definition) is 2. The number of aliphatic hydroxyl groups is 1. The van der Waals surface area contributed by atoms with Crippen LogP contribution in [0.4, 0.5) is 0 Å². The zero-order chi connectivity index (χ0) is 15.1. The van der Waals surface area contributed by atoms with Gasteiger partial charge in [-0.15, -0.1) is 0 Å². The zero-order valence-electron chi connectivity index (χ0n) is 12.1. The molecule has 0 fully saturated rings. The molecule has 0 aromatic heterocycles. The normalized spacial score (nSPS) is 13.4. The van der Waals surface area contributed by atoms with Gasteiger partial charge in [0.1, 0.15) is 0 Å². The number of rotatable bonds is 6. The van der Waals surface area contributed by atoms with Gasteiger partial charge in [0.15, 0.2) is 0 Å². The van der Waals surface area contributed by atoms with Crippen LogP contribution in [0, 0.1) is 12.8 Å². The molecule has 0 saturated heterocycles. The van der Waals surface area contributed by atoms with Gasteiger partial charge in [-0.05, 0) is 32.9 Å². The van der Waals surface area contributed by atoms with E-state index in [-0.39, 0.29) is 19.1 Å². The molecule has 0 aliphatic carbocycles. The van der Waals surface area contributed by atoms with Crippen molar-refractivity contribution in [1.29, 1.82) is 0 Å². The third-order valence-electron chi connectivity index (χ3n) is 2.97. The molecule has 0 bridgehead atoms. The third kappa shape index (κ3) is 4.66. The van der Waals surface area contributed by atoms with E-state index < -0.39 is 18.0 Å². The quantitative estimate of drug-likeness (QED) is 0.769. The van der Waals surface area contributed by atoms with Gasteiger partial charge in [-0.2, -0.15) is 0 Å². The van der Waals surface area contributed by atoms with E-state index in [9.17, 15) is 14.7 Å². The molecule has 5 nitrogen and oxygen atoms in total. The van der Waals surface area contributed by atoms with Crippen LogP contribution in [0.1, 0.15) is 29.8 Å². The fraction of sp³-hybridized carbons (Fsp3) is 0.467. The largest absolute Gasteiger partial charge is 0.466 e. The van der Waals surface area contributed by atoms with Crippen LogP contribution >= 0.6 is 0 Å². The number of carbonyl (C=O) groups excluding carboxylic acids is 2. The number of benzene rings is 1. The summed E-state index contributed by atoms with van der Waals surface area (Å²) in [6.07, 6.45) is -0.882. The highest BCUT2D eigenvalue weighted by atomic mass is 16.5. The standard InChI is InChI=1S/C15H21NO4/c1-4-20-15(19)13(11(3)17)9-16-14(18)12-7-5-10(2)6-8-12/h5-8,11,13,17H,4,9H2,1-3H3,(H,16,18)/t11-,13+/m0/s1. The Hall–Kier alpha value is -1.88. The summed E-state index contributed by atoms with van der Waals surface area (Å²) in [5.74, 6) is -1.55. The highest BCUT2D eigenvalue weighted by Crippen LogP contribution is 2.07. The lowest BCUT2D eigenvalue weighted by molar-refractivity contribution is -0.151. The number of hydrogen-bond acceptors (Lipinski definition) is 4. The van der Waals surface area contributed by atoms with Crippen LogP contribution in [0.15, 0.2) is 24.3 Å². The van der Waals surface area contributed by atoms with E-state index in [4.69, 9.17) is 4.74 Å². The molecular weight excluding hydrogens is 258 g/mol. The molecule has 20 heavy (non-hydrogen) atoms. The fourth-order valence-electron chi connectivity index (χ4n) is 1.71. The Morgan fingerprint density at radius 2 is 1.90 bits per heavy atom. The van der Waals surface area contributed by atoms with Crippen molar-refractivity contribution in [1.82, 2.24) is 5.32 Å². The minimum Gasteiger partial charge on any atom is -0.466 e. The fourth-order valence-corrected chi connectivity index (χ4v) is 1.71. The van der Waals surface area contributed by atoms with Gasteiger partial charge in [0, 0.05) is 12.1 Å². The molecule has 2 N–H and O–H groups in total. The molecule has 0 heterocycles. The van der Waals surface area contributed by atoms with Crippen molar-refractivity contribution in [3.05, 3.63) is 35.4 Å². The van der Waals surface area contributed by atoms with Gasteiger partial charge < -0.3 is 15.2 Å². The van der Waals surface area contributed by atoms with Crippen molar-refractivity contribution in [2.24, 2.45) is 5.92 Å². The first kappa shape index (κ1) is 16.2. The number of aryl methyl sites for hydroxylation is 1. The Balaban J connectivity index is 2.61. The molecule has 0 unspecified atom stereocenters. The molecule has 0 saturated carbocycles. The highest BCUT2D eigenvalue weighted by Gasteiger charge is 2.25. The second kappa shape index (κ2) is 7.65. The first-order valence-electron chi connectivity index (χ1n) is 6.65. The van der Waals surface area contributed by atoms with Crippen molar-refractivity contribution in [2.75, 3.05) is 13.2 Å². The maximum absolute atomic E-state index is 11.9. The van der Waals surface area contributed by atoms with Crippen molar-refractivity contribution in [2.45, 2.75) is 26.9 Å². The summed E-state index contributed by atoms with van der Waals surface area (Å²) < 4.78 is 4.87. The number of ether oxygens (including phenoxy) is 1. The topological polar surface area (TPSA) is 75.6 Å². The monoisotopic (exact) mass is 279 g/mol. The molecule has 0 radical (unpaired) electrons. The average molecular weight is 279 g/mol. The maximum atomic E-state index is 11.9. The number of amides is 1. The summed E-state index contributed by atoms with van der Waals surface area (Å²) in [5.41, 5.74) is 1.58. The number of nitrogens with one attached hydrogen (secondary N) is 1. The number of esters is 1. The minimum absolute atomic E-state index is 0.0449. The van der Waals surface area contributed by atoms with Gasteiger partial charge in [0.05, 0.1) is 18.6 Å². The van der Waals surface area contributed by atoms with Gasteiger partial charge in [-0.3, -0.25) is 9.59 Å². The van der Waals surface area contributed by atoms with Gasteiger partial charge in [-0.25, -0.2) is 0 Å². The second-order valence-corrected chi connectivity index (χ2v) is 4.68. The smallest absolute Gasteiger partial charge is 0.313 e. The molecule has 0 aliphatic rings. The summed E-state index contributed by atoms with van der Waals surface area (Å²) in [6, 6.07) is 7.11. The molecule has 2 atom stereocenters. The molecular formula is C15H21NO4. The van der Waals surface area contributed by atoms with Gasteiger partial charge in [0.25, 0.3) is 5.91 Å². The summed E-state index contributed by atoms with van der Waals surface area (Å²) in [4.78, 5) is 23.6. The molecule has 1 rings (SSSR count). The predicted molar refractivity (Wildman–Crippen MR) is 75.3 cm³/mol. The van der Waals surface area contributed by atoms with Gasteiger partial charge in [0.2, 0.25) is 0 Å². The Bertz CT molecular complexity index is 453. The van der Waals surface area contributed by atoms with E-state index in [1.54, 1.807) is 19.1 Å². The molecule has 0 aliphatic heterocycles. The summed E-state index contributed by atoms with van der Waals surface area (Å²) >= 11 is 0. The maximum Gasteiger partial charge on any atom is 0.313 e. The lowest BCUT2D eigenvalue weighted by Crippen LogP contribution is -2.39. The van der Waals surface area contributed by atoms with E-state index in [1.165, 1.54) is 6.92 Å². The summed E-state index contributed by atoms with van der Waals surface area (Å²) in [6.45, 7) is 5.42. The zero-order valence-corrected chi connectivity index (χ0v) is 12.1. The number of aliphatic hydroxyl groups excluding tert-OH is 1. The van der Waals surface area contributed by atoms with Crippen LogP contribution in [-0.4, -0.2) is 36.2 Å². The van der Waals surface area contributed by atoms with Crippen LogP contribution in [0.3, 0.4) is 0 Å². The van der Waals surface area contributed by atoms with Crippen LogP contribution < -0.4 is 5.32 Å². The van der Waals surface area contributed by atoms with Crippen LogP contribution in [0.5, 0.6) is 0 Å². The van der Waals surface area contributed by atoms with Gasteiger partial charge >= 0.3 is 5.97 Å². The Kier molecular flexibility index (Phi) is 6.18. The van der Waals surface area contributed by atoms with E-state index in [0.717, 1.165) is 5.56 Å². The Labute approximate surface area is 118 Å². The summed E-state index contributed by atoms with van der Waals surface area (Å²) in [5, 5.41) is 12.2. The SMILES string of the molecule is CCOC(=O)[C@H](CNC(=O)c1ccc(C)cc1)[C@H](C)O. The van der Waals surface area contributed by atoms with E-state index in [1.807, 2.05) is 19.1 Å². The average Bonchev–Trinajstić information content (AvgIpc) is 2.39. The molecule has 1 aromatic rings. The molecule has 0 spiro atoms. The van der Waals surface area contributed by atoms with Gasteiger partial charge in [-0.1, -0.05) is 17.7 Å². The highest BCUT2D eigenvalue weighted by molar-refractivity contribution is 5.94. The van der Waals surface area contributed by atoms with E-state index in [2.05, 4.69) is 5.32 Å². The van der Waals surface area contributed by atoms with Crippen LogP contribution in [0.25, 0.3) is 0 Å². The molecule has 5 heteroatoms. The second-order valence-electron chi connectivity index (χ2n) is 4.68. The van der Waals surface area contributed by atoms with Crippen LogP contribution in [0.2, 0.25) is 0 Å². The summed E-state index contributed by atoms with van der Waals surface area (Å²) in [7, 11) is 0.